The van der Waals surface area contributed by atoms with Crippen molar-refractivity contribution in [2.24, 2.45) is 0 Å². The summed E-state index contributed by atoms with van der Waals surface area (Å²) in [5.41, 5.74) is 3.72. The summed E-state index contributed by atoms with van der Waals surface area (Å²) in [7, 11) is 0. The van der Waals surface area contributed by atoms with E-state index < -0.39 is 0 Å². The van der Waals surface area contributed by atoms with Crippen LogP contribution in [0.25, 0.3) is 0 Å². The van der Waals surface area contributed by atoms with Crippen molar-refractivity contribution in [2.75, 3.05) is 6.54 Å². The van der Waals surface area contributed by atoms with E-state index in [9.17, 15) is 0 Å². The van der Waals surface area contributed by atoms with Crippen molar-refractivity contribution in [2.45, 2.75) is 62.8 Å². The number of rotatable bonds is 8. The molecule has 0 spiro atoms. The van der Waals surface area contributed by atoms with Gasteiger partial charge in [-0.2, -0.15) is 0 Å². The molecule has 172 valence electrons. The molecular weight excluding hydrogens is 449 g/mol. The van der Waals surface area contributed by atoms with Crippen molar-refractivity contribution in [1.29, 1.82) is 0 Å². The molecule has 0 amide bonds. The van der Waals surface area contributed by atoms with E-state index in [0.717, 1.165) is 40.4 Å². The van der Waals surface area contributed by atoms with Crippen LogP contribution >= 0.6 is 23.2 Å². The highest BCUT2D eigenvalue weighted by atomic mass is 35.5. The Hall–Kier alpha value is -1.84. The zero-order valence-electron chi connectivity index (χ0n) is 18.9. The molecule has 1 unspecified atom stereocenters. The minimum Gasteiger partial charge on any atom is -0.365 e. The predicted molar refractivity (Wildman–Crippen MR) is 137 cm³/mol. The van der Waals surface area contributed by atoms with E-state index >= 15 is 0 Å². The maximum atomic E-state index is 6.83. The van der Waals surface area contributed by atoms with E-state index in [1.807, 2.05) is 24.3 Å². The second kappa shape index (κ2) is 10.6. The number of nitrogens with zero attached hydrogens (tertiary/aromatic N) is 1. The number of hydrogen-bond acceptors (Lipinski definition) is 2. The molecule has 33 heavy (non-hydrogen) atoms. The Morgan fingerprint density at radius 2 is 1.30 bits per heavy atom. The van der Waals surface area contributed by atoms with Gasteiger partial charge in [0.15, 0.2) is 0 Å². The topological polar surface area (TPSA) is 12.5 Å². The Morgan fingerprint density at radius 1 is 0.758 bits per heavy atom. The van der Waals surface area contributed by atoms with Crippen LogP contribution in [-0.4, -0.2) is 29.6 Å². The smallest absolute Gasteiger partial charge is 0.108 e. The van der Waals surface area contributed by atoms with Gasteiger partial charge in [-0.05, 0) is 86.0 Å². The van der Waals surface area contributed by atoms with Gasteiger partial charge in [0, 0.05) is 22.1 Å². The van der Waals surface area contributed by atoms with Gasteiger partial charge in [0.05, 0.1) is 6.10 Å². The summed E-state index contributed by atoms with van der Waals surface area (Å²) in [4.78, 5) is 2.77. The molecule has 2 heterocycles. The highest BCUT2D eigenvalue weighted by molar-refractivity contribution is 6.30. The Bertz CT molecular complexity index is 962. The minimum absolute atomic E-state index is 0.103. The van der Waals surface area contributed by atoms with E-state index in [2.05, 4.69) is 59.5 Å². The molecule has 0 radical (unpaired) electrons. The minimum atomic E-state index is -0.103. The van der Waals surface area contributed by atoms with Crippen LogP contribution in [-0.2, 0) is 11.2 Å². The SMILES string of the molecule is Clc1ccc(C(OC2C[C@H]3CC[C@@H](C2)N3CCCc2ccccc2)c2ccc(Cl)cc2)cc1. The Kier molecular flexibility index (Phi) is 7.37. The summed E-state index contributed by atoms with van der Waals surface area (Å²) in [6.45, 7) is 1.19. The standard InChI is InChI=1S/C29H31Cl2NO/c30-24-12-8-22(9-13-24)29(23-10-14-25(31)15-11-23)33-28-19-26-16-17-27(20-28)32(26)18-4-7-21-5-2-1-3-6-21/h1-3,5-6,8-15,26-29H,4,7,16-20H2/t26-,27+,28?. The van der Waals surface area contributed by atoms with Crippen LogP contribution in [0.5, 0.6) is 0 Å². The Morgan fingerprint density at radius 3 is 1.85 bits per heavy atom. The van der Waals surface area contributed by atoms with Crippen LogP contribution in [0.2, 0.25) is 10.0 Å². The highest BCUT2D eigenvalue weighted by Crippen LogP contribution is 2.40. The largest absolute Gasteiger partial charge is 0.365 e. The lowest BCUT2D eigenvalue weighted by atomic mass is 9.96. The van der Waals surface area contributed by atoms with Crippen LogP contribution in [0.4, 0.5) is 0 Å². The molecule has 5 rings (SSSR count). The number of piperidine rings is 1. The molecule has 3 aromatic rings. The number of fused-ring (bicyclic) bond motifs is 2. The molecule has 0 saturated carbocycles. The lowest BCUT2D eigenvalue weighted by Crippen LogP contribution is -2.46. The normalized spacial score (nSPS) is 22.7. The first kappa shape index (κ1) is 22.9. The summed E-state index contributed by atoms with van der Waals surface area (Å²) in [5.74, 6) is 0. The van der Waals surface area contributed by atoms with Gasteiger partial charge in [-0.3, -0.25) is 4.90 Å². The average molecular weight is 480 g/mol. The zero-order chi connectivity index (χ0) is 22.6. The summed E-state index contributed by atoms with van der Waals surface area (Å²) >= 11 is 12.3. The van der Waals surface area contributed by atoms with Gasteiger partial charge in [-0.1, -0.05) is 77.8 Å². The van der Waals surface area contributed by atoms with Crippen LogP contribution in [0.1, 0.15) is 54.9 Å². The molecule has 2 bridgehead atoms. The Labute approximate surface area is 207 Å². The van der Waals surface area contributed by atoms with E-state index in [1.165, 1.54) is 31.4 Å². The third-order valence-corrected chi connectivity index (χ3v) is 7.74. The van der Waals surface area contributed by atoms with Crippen LogP contribution in [0.3, 0.4) is 0 Å². The van der Waals surface area contributed by atoms with E-state index in [0.29, 0.717) is 12.1 Å². The van der Waals surface area contributed by atoms with E-state index in [1.54, 1.807) is 0 Å². The van der Waals surface area contributed by atoms with Crippen LogP contribution in [0, 0.1) is 0 Å². The molecule has 2 saturated heterocycles. The molecule has 2 nitrogen and oxygen atoms in total. The number of benzene rings is 3. The van der Waals surface area contributed by atoms with Crippen molar-refractivity contribution < 1.29 is 4.74 Å². The number of hydrogen-bond donors (Lipinski definition) is 0. The molecule has 0 aliphatic carbocycles. The van der Waals surface area contributed by atoms with Gasteiger partial charge in [0.2, 0.25) is 0 Å². The second-order valence-corrected chi connectivity index (χ2v) is 10.3. The molecule has 4 heteroatoms. The molecule has 0 aromatic heterocycles. The summed E-state index contributed by atoms with van der Waals surface area (Å²) in [6, 6.07) is 28.2. The van der Waals surface area contributed by atoms with Gasteiger partial charge in [0.25, 0.3) is 0 Å². The van der Waals surface area contributed by atoms with Crippen molar-refractivity contribution in [3.05, 3.63) is 106 Å². The summed E-state index contributed by atoms with van der Waals surface area (Å²) in [6.07, 6.45) is 7.36. The van der Waals surface area contributed by atoms with E-state index in [-0.39, 0.29) is 12.2 Å². The van der Waals surface area contributed by atoms with Gasteiger partial charge < -0.3 is 4.74 Å². The van der Waals surface area contributed by atoms with Crippen molar-refractivity contribution in [1.82, 2.24) is 4.90 Å². The van der Waals surface area contributed by atoms with E-state index in [4.69, 9.17) is 27.9 Å². The average Bonchev–Trinajstić information content (AvgIpc) is 3.07. The monoisotopic (exact) mass is 479 g/mol. The maximum Gasteiger partial charge on any atom is 0.108 e. The van der Waals surface area contributed by atoms with Crippen molar-refractivity contribution >= 4 is 23.2 Å². The first-order chi connectivity index (χ1) is 16.2. The first-order valence-electron chi connectivity index (χ1n) is 12.1. The summed E-state index contributed by atoms with van der Waals surface area (Å²) < 4.78 is 6.83. The number of ether oxygens (including phenoxy) is 1. The fourth-order valence-corrected chi connectivity index (χ4v) is 5.88. The maximum absolute atomic E-state index is 6.83. The molecule has 2 fully saturated rings. The number of aryl methyl sites for hydroxylation is 1. The molecular formula is C29H31Cl2NO. The third kappa shape index (κ3) is 5.63. The summed E-state index contributed by atoms with van der Waals surface area (Å²) in [5, 5.41) is 1.49. The molecule has 2 aliphatic rings. The molecule has 3 atom stereocenters. The second-order valence-electron chi connectivity index (χ2n) is 9.42. The predicted octanol–water partition coefficient (Wildman–Crippen LogP) is 7.73. The fourth-order valence-electron chi connectivity index (χ4n) is 5.63. The zero-order valence-corrected chi connectivity index (χ0v) is 20.4. The Balaban J connectivity index is 1.24. The highest BCUT2D eigenvalue weighted by Gasteiger charge is 2.41. The number of halogens is 2. The van der Waals surface area contributed by atoms with Crippen molar-refractivity contribution in [3.8, 4) is 0 Å². The fraction of sp³-hybridized carbons (Fsp3) is 0.379. The van der Waals surface area contributed by atoms with Gasteiger partial charge in [0.1, 0.15) is 6.10 Å². The van der Waals surface area contributed by atoms with Crippen molar-refractivity contribution in [3.63, 3.8) is 0 Å². The molecule has 2 aliphatic heterocycles. The van der Waals surface area contributed by atoms with Gasteiger partial charge in [-0.25, -0.2) is 0 Å². The van der Waals surface area contributed by atoms with Crippen LogP contribution < -0.4 is 0 Å². The molecule has 3 aromatic carbocycles. The quantitative estimate of drug-likeness (QED) is 0.327. The van der Waals surface area contributed by atoms with Gasteiger partial charge >= 0.3 is 0 Å². The first-order valence-corrected chi connectivity index (χ1v) is 12.9. The van der Waals surface area contributed by atoms with Crippen LogP contribution in [0.15, 0.2) is 78.9 Å². The third-order valence-electron chi connectivity index (χ3n) is 7.24. The lowest BCUT2D eigenvalue weighted by Gasteiger charge is -2.40. The lowest BCUT2D eigenvalue weighted by molar-refractivity contribution is -0.0482. The molecule has 0 N–H and O–H groups in total. The van der Waals surface area contributed by atoms with Gasteiger partial charge in [-0.15, -0.1) is 0 Å².